The Morgan fingerprint density at radius 3 is 2.78 bits per heavy atom. The van der Waals surface area contributed by atoms with Gasteiger partial charge in [0.2, 0.25) is 0 Å². The maximum absolute atomic E-state index is 14.4. The van der Waals surface area contributed by atoms with Crippen LogP contribution in [0.1, 0.15) is 23.0 Å². The fourth-order valence-electron chi connectivity index (χ4n) is 3.24. The fraction of sp³-hybridized carbons (Fsp3) is 0.143. The summed E-state index contributed by atoms with van der Waals surface area (Å²) in [5.74, 6) is -0.538. The van der Waals surface area contributed by atoms with Crippen LogP contribution in [0.3, 0.4) is 0 Å². The van der Waals surface area contributed by atoms with Crippen LogP contribution in [0.2, 0.25) is 0 Å². The van der Waals surface area contributed by atoms with Gasteiger partial charge in [-0.05, 0) is 24.6 Å². The number of hydrogen-bond donors (Lipinski definition) is 2. The van der Waals surface area contributed by atoms with E-state index in [4.69, 9.17) is 0 Å². The molecule has 0 aliphatic carbocycles. The Balaban J connectivity index is 1.64. The highest BCUT2D eigenvalue weighted by atomic mass is 19.1. The molecule has 0 bridgehead atoms. The fourth-order valence-corrected chi connectivity index (χ4v) is 3.24. The topological polar surface area (TPSA) is 64.8 Å². The number of fused-ring (bicyclic) bond motifs is 1. The first-order chi connectivity index (χ1) is 13.2. The zero-order valence-corrected chi connectivity index (χ0v) is 14.9. The van der Waals surface area contributed by atoms with Crippen molar-refractivity contribution in [2.75, 3.05) is 6.54 Å². The van der Waals surface area contributed by atoms with Crippen molar-refractivity contribution in [2.24, 2.45) is 0 Å². The Morgan fingerprint density at radius 2 is 2.00 bits per heavy atom. The summed E-state index contributed by atoms with van der Waals surface area (Å²) in [4.78, 5) is 24.7. The lowest BCUT2D eigenvalue weighted by atomic mass is 10.1. The van der Waals surface area contributed by atoms with Crippen LogP contribution in [0.25, 0.3) is 22.2 Å². The molecule has 1 amide bonds. The van der Waals surface area contributed by atoms with Crippen molar-refractivity contribution in [3.63, 3.8) is 0 Å². The van der Waals surface area contributed by atoms with E-state index in [0.717, 1.165) is 5.56 Å². The SMILES string of the molecule is CCN(Cc1ccccc1)C(=O)c1cc(-c2c(F)cnc3[nH]ccc23)c[nH]1. The lowest BCUT2D eigenvalue weighted by Crippen LogP contribution is -2.30. The van der Waals surface area contributed by atoms with Gasteiger partial charge in [0.15, 0.2) is 0 Å². The van der Waals surface area contributed by atoms with E-state index < -0.39 is 5.82 Å². The summed E-state index contributed by atoms with van der Waals surface area (Å²) >= 11 is 0. The van der Waals surface area contributed by atoms with Gasteiger partial charge >= 0.3 is 0 Å². The molecule has 0 spiro atoms. The first-order valence-electron chi connectivity index (χ1n) is 8.81. The zero-order chi connectivity index (χ0) is 18.8. The Morgan fingerprint density at radius 1 is 1.19 bits per heavy atom. The minimum atomic E-state index is -0.420. The van der Waals surface area contributed by atoms with Crippen LogP contribution in [0.4, 0.5) is 4.39 Å². The molecule has 4 rings (SSSR count). The monoisotopic (exact) mass is 362 g/mol. The van der Waals surface area contributed by atoms with E-state index in [-0.39, 0.29) is 5.91 Å². The van der Waals surface area contributed by atoms with Gasteiger partial charge in [-0.1, -0.05) is 30.3 Å². The second kappa shape index (κ2) is 7.07. The summed E-state index contributed by atoms with van der Waals surface area (Å²) in [5, 5.41) is 0.685. The van der Waals surface area contributed by atoms with Crippen LogP contribution in [0.5, 0.6) is 0 Å². The third-order valence-corrected chi connectivity index (χ3v) is 4.63. The number of carbonyl (C=O) groups excluding carboxylic acids is 1. The molecule has 0 saturated carbocycles. The number of benzene rings is 1. The third-order valence-electron chi connectivity index (χ3n) is 4.63. The van der Waals surface area contributed by atoms with Gasteiger partial charge in [0, 0.05) is 42.0 Å². The number of hydrogen-bond acceptors (Lipinski definition) is 2. The molecule has 0 radical (unpaired) electrons. The maximum atomic E-state index is 14.4. The number of rotatable bonds is 5. The van der Waals surface area contributed by atoms with E-state index in [1.165, 1.54) is 6.20 Å². The van der Waals surface area contributed by atoms with Gasteiger partial charge in [-0.3, -0.25) is 4.79 Å². The predicted octanol–water partition coefficient (Wildman–Crippen LogP) is 4.36. The number of halogens is 1. The summed E-state index contributed by atoms with van der Waals surface area (Å²) in [6.45, 7) is 3.04. The first kappa shape index (κ1) is 17.0. The first-order valence-corrected chi connectivity index (χ1v) is 8.81. The van der Waals surface area contributed by atoms with Crippen molar-refractivity contribution < 1.29 is 9.18 Å². The highest BCUT2D eigenvalue weighted by molar-refractivity contribution is 5.97. The van der Waals surface area contributed by atoms with Crippen LogP contribution in [-0.4, -0.2) is 32.3 Å². The van der Waals surface area contributed by atoms with Gasteiger partial charge in [0.1, 0.15) is 17.2 Å². The molecule has 136 valence electrons. The molecule has 0 saturated heterocycles. The molecule has 27 heavy (non-hydrogen) atoms. The Bertz CT molecular complexity index is 1080. The van der Waals surface area contributed by atoms with E-state index in [1.54, 1.807) is 29.4 Å². The lowest BCUT2D eigenvalue weighted by Gasteiger charge is -2.20. The van der Waals surface area contributed by atoms with E-state index >= 15 is 0 Å². The van der Waals surface area contributed by atoms with Crippen molar-refractivity contribution in [2.45, 2.75) is 13.5 Å². The average Bonchev–Trinajstić information content (AvgIpc) is 3.36. The second-order valence-electron chi connectivity index (χ2n) is 6.33. The Labute approximate surface area is 155 Å². The van der Waals surface area contributed by atoms with Gasteiger partial charge in [-0.2, -0.15) is 0 Å². The highest BCUT2D eigenvalue weighted by Gasteiger charge is 2.19. The molecule has 0 unspecified atom stereocenters. The molecule has 1 aromatic carbocycles. The lowest BCUT2D eigenvalue weighted by molar-refractivity contribution is 0.0747. The summed E-state index contributed by atoms with van der Waals surface area (Å²) in [5.41, 5.74) is 3.16. The molecular weight excluding hydrogens is 343 g/mol. The van der Waals surface area contributed by atoms with Gasteiger partial charge in [0.25, 0.3) is 5.91 Å². The van der Waals surface area contributed by atoms with Crippen LogP contribution in [0, 0.1) is 5.82 Å². The molecule has 3 heterocycles. The smallest absolute Gasteiger partial charge is 0.270 e. The average molecular weight is 362 g/mol. The molecule has 2 N–H and O–H groups in total. The van der Waals surface area contributed by atoms with E-state index in [2.05, 4.69) is 15.0 Å². The van der Waals surface area contributed by atoms with Crippen LogP contribution >= 0.6 is 0 Å². The number of nitrogens with zero attached hydrogens (tertiary/aromatic N) is 2. The van der Waals surface area contributed by atoms with Crippen LogP contribution < -0.4 is 0 Å². The molecule has 0 aliphatic heterocycles. The number of aromatic amines is 2. The van der Waals surface area contributed by atoms with Gasteiger partial charge in [0.05, 0.1) is 6.20 Å². The Kier molecular flexibility index (Phi) is 4.46. The van der Waals surface area contributed by atoms with Crippen molar-refractivity contribution in [3.8, 4) is 11.1 Å². The van der Waals surface area contributed by atoms with Crippen molar-refractivity contribution in [1.29, 1.82) is 0 Å². The van der Waals surface area contributed by atoms with Crippen molar-refractivity contribution >= 4 is 16.9 Å². The maximum Gasteiger partial charge on any atom is 0.270 e. The molecule has 3 aromatic heterocycles. The van der Waals surface area contributed by atoms with Crippen LogP contribution in [0.15, 0.2) is 61.1 Å². The quantitative estimate of drug-likeness (QED) is 0.554. The molecule has 0 aliphatic rings. The molecule has 6 heteroatoms. The van der Waals surface area contributed by atoms with Crippen molar-refractivity contribution in [1.82, 2.24) is 19.9 Å². The van der Waals surface area contributed by atoms with E-state index in [1.807, 2.05) is 37.3 Å². The standard InChI is InChI=1S/C21H19FN4O/c1-2-26(13-14-6-4-3-5-7-14)21(27)18-10-15(11-24-18)19-16-8-9-23-20(16)25-12-17(19)22/h3-12,24H,2,13H2,1H3,(H,23,25). The zero-order valence-electron chi connectivity index (χ0n) is 14.9. The summed E-state index contributed by atoms with van der Waals surface area (Å²) in [7, 11) is 0. The number of pyridine rings is 1. The van der Waals surface area contributed by atoms with E-state index in [9.17, 15) is 9.18 Å². The number of aromatic nitrogens is 3. The highest BCUT2D eigenvalue weighted by Crippen LogP contribution is 2.30. The Hall–Kier alpha value is -3.41. The molecule has 5 nitrogen and oxygen atoms in total. The summed E-state index contributed by atoms with van der Waals surface area (Å²) in [6.07, 6.45) is 4.57. The van der Waals surface area contributed by atoms with Gasteiger partial charge in [-0.25, -0.2) is 9.37 Å². The van der Waals surface area contributed by atoms with E-state index in [0.29, 0.717) is 40.9 Å². The van der Waals surface area contributed by atoms with Gasteiger partial charge in [-0.15, -0.1) is 0 Å². The number of carbonyl (C=O) groups is 1. The predicted molar refractivity (Wildman–Crippen MR) is 103 cm³/mol. The van der Waals surface area contributed by atoms with Crippen LogP contribution in [-0.2, 0) is 6.54 Å². The van der Waals surface area contributed by atoms with Crippen molar-refractivity contribution in [3.05, 3.63) is 78.1 Å². The number of amides is 1. The number of H-pyrrole nitrogens is 2. The minimum absolute atomic E-state index is 0.118. The summed E-state index contributed by atoms with van der Waals surface area (Å²) < 4.78 is 14.4. The minimum Gasteiger partial charge on any atom is -0.357 e. The third kappa shape index (κ3) is 3.21. The molecule has 4 aromatic rings. The second-order valence-corrected chi connectivity index (χ2v) is 6.33. The summed E-state index contributed by atoms with van der Waals surface area (Å²) in [6, 6.07) is 13.3. The normalized spacial score (nSPS) is 11.0. The largest absolute Gasteiger partial charge is 0.357 e. The molecule has 0 atom stereocenters. The van der Waals surface area contributed by atoms with Gasteiger partial charge < -0.3 is 14.9 Å². The number of nitrogens with one attached hydrogen (secondary N) is 2. The molecule has 0 fully saturated rings. The molecular formula is C21H19FN4O.